The minimum atomic E-state index is -3.71. The van der Waals surface area contributed by atoms with Crippen molar-refractivity contribution in [3.8, 4) is 0 Å². The number of nitrogens with two attached hydrogens (primary N) is 2. The number of aliphatic imine (C=N–C) groups is 1. The molecule has 1 aromatic rings. The van der Waals surface area contributed by atoms with Gasteiger partial charge in [0.15, 0.2) is 15.8 Å². The van der Waals surface area contributed by atoms with Crippen LogP contribution in [0, 0.1) is 0 Å². The van der Waals surface area contributed by atoms with Gasteiger partial charge < -0.3 is 16.4 Å². The van der Waals surface area contributed by atoms with Crippen molar-refractivity contribution < 1.29 is 18.0 Å². The van der Waals surface area contributed by atoms with Crippen molar-refractivity contribution in [3.05, 3.63) is 23.8 Å². The lowest BCUT2D eigenvalue weighted by Crippen LogP contribution is -2.45. The van der Waals surface area contributed by atoms with Crippen molar-refractivity contribution in [2.24, 2.45) is 16.5 Å². The number of guanidine groups is 1. The molecule has 2 rings (SSSR count). The number of fused-ring (bicyclic) bond motifs is 1. The van der Waals surface area contributed by atoms with Crippen LogP contribution >= 0.6 is 0 Å². The summed E-state index contributed by atoms with van der Waals surface area (Å²) in [6, 6.07) is 3.68. The molecule has 0 unspecified atom stereocenters. The van der Waals surface area contributed by atoms with E-state index in [9.17, 15) is 18.0 Å². The molecule has 0 saturated carbocycles. The Balaban J connectivity index is 2.64. The summed E-state index contributed by atoms with van der Waals surface area (Å²) >= 11 is 0. The summed E-state index contributed by atoms with van der Waals surface area (Å²) in [6.07, 6.45) is 0. The zero-order chi connectivity index (χ0) is 16.7. The Morgan fingerprint density at radius 1 is 1.32 bits per heavy atom. The summed E-state index contributed by atoms with van der Waals surface area (Å²) in [7, 11) is -3.71. The van der Waals surface area contributed by atoms with E-state index in [0.29, 0.717) is 0 Å². The van der Waals surface area contributed by atoms with E-state index in [1.54, 1.807) is 13.8 Å². The van der Waals surface area contributed by atoms with Gasteiger partial charge in [-0.2, -0.15) is 4.99 Å². The number of anilines is 1. The van der Waals surface area contributed by atoms with Gasteiger partial charge in [-0.25, -0.2) is 8.42 Å². The van der Waals surface area contributed by atoms with Crippen LogP contribution in [0.5, 0.6) is 0 Å². The Labute approximate surface area is 127 Å². The minimum absolute atomic E-state index is 0.0158. The van der Waals surface area contributed by atoms with E-state index in [1.165, 1.54) is 23.1 Å². The summed E-state index contributed by atoms with van der Waals surface area (Å²) in [5.74, 6) is -2.22. The summed E-state index contributed by atoms with van der Waals surface area (Å²) in [5, 5.41) is 0. The smallest absolute Gasteiger partial charge is 0.280 e. The van der Waals surface area contributed by atoms with Crippen LogP contribution < -0.4 is 16.4 Å². The Morgan fingerprint density at radius 2 is 1.95 bits per heavy atom. The molecular formula is C13H16N4O4S. The van der Waals surface area contributed by atoms with Gasteiger partial charge in [0.05, 0.1) is 10.6 Å². The number of sulfone groups is 1. The summed E-state index contributed by atoms with van der Waals surface area (Å²) in [4.78, 5) is 28.7. The molecule has 0 fully saturated rings. The number of benzene rings is 1. The van der Waals surface area contributed by atoms with Gasteiger partial charge in [0.1, 0.15) is 5.75 Å². The Hall–Kier alpha value is -2.42. The summed E-state index contributed by atoms with van der Waals surface area (Å²) in [5.41, 5.74) is 10.6. The van der Waals surface area contributed by atoms with Gasteiger partial charge in [-0.05, 0) is 32.0 Å². The third-order valence-electron chi connectivity index (χ3n) is 3.13. The Morgan fingerprint density at radius 3 is 2.50 bits per heavy atom. The molecule has 0 saturated heterocycles. The zero-order valence-corrected chi connectivity index (χ0v) is 12.9. The first-order chi connectivity index (χ1) is 10.1. The Kier molecular flexibility index (Phi) is 3.92. The molecule has 0 radical (unpaired) electrons. The number of hydrogen-bond acceptors (Lipinski definition) is 4. The van der Waals surface area contributed by atoms with Gasteiger partial charge in [0.2, 0.25) is 5.91 Å². The van der Waals surface area contributed by atoms with Gasteiger partial charge >= 0.3 is 0 Å². The van der Waals surface area contributed by atoms with Crippen LogP contribution in [0.1, 0.15) is 24.2 Å². The molecular weight excluding hydrogens is 308 g/mol. The second-order valence-electron chi connectivity index (χ2n) is 5.14. The standard InChI is InChI=1S/C13H16N4O4S/c1-7(2)17-9-5-8(12(19)16-13(14)15)3-4-10(9)22(20,21)6-11(17)18/h3-5,7H,6H2,1-2H3,(H4,14,15,16,19). The predicted octanol–water partition coefficient (Wildman–Crippen LogP) is -0.371. The number of carbonyl (C=O) groups excluding carboxylic acids is 2. The second kappa shape index (κ2) is 5.41. The number of carbonyl (C=O) groups is 2. The van der Waals surface area contributed by atoms with Crippen molar-refractivity contribution in [2.45, 2.75) is 24.8 Å². The maximum Gasteiger partial charge on any atom is 0.280 e. The van der Waals surface area contributed by atoms with Crippen molar-refractivity contribution in [3.63, 3.8) is 0 Å². The monoisotopic (exact) mass is 324 g/mol. The van der Waals surface area contributed by atoms with Gasteiger partial charge in [-0.1, -0.05) is 0 Å². The molecule has 4 N–H and O–H groups in total. The third-order valence-corrected chi connectivity index (χ3v) is 4.77. The molecule has 22 heavy (non-hydrogen) atoms. The fourth-order valence-corrected chi connectivity index (χ4v) is 3.66. The van der Waals surface area contributed by atoms with Crippen LogP contribution in [0.3, 0.4) is 0 Å². The van der Waals surface area contributed by atoms with Crippen LogP contribution in [0.25, 0.3) is 0 Å². The molecule has 2 amide bonds. The molecule has 118 valence electrons. The Bertz CT molecular complexity index is 779. The number of hydrogen-bond donors (Lipinski definition) is 2. The highest BCUT2D eigenvalue weighted by Crippen LogP contribution is 2.33. The molecule has 1 aliphatic heterocycles. The average molecular weight is 324 g/mol. The van der Waals surface area contributed by atoms with Crippen molar-refractivity contribution >= 4 is 33.3 Å². The number of nitrogens with zero attached hydrogens (tertiary/aromatic N) is 2. The van der Waals surface area contributed by atoms with Crippen LogP contribution in [-0.2, 0) is 14.6 Å². The molecule has 0 aromatic heterocycles. The number of amides is 2. The molecule has 1 heterocycles. The molecule has 1 aliphatic rings. The molecule has 0 atom stereocenters. The SMILES string of the molecule is CC(C)N1C(=O)CS(=O)(=O)c2ccc(C(=O)N=C(N)N)cc21. The van der Waals surface area contributed by atoms with Gasteiger partial charge in [0, 0.05) is 11.6 Å². The van der Waals surface area contributed by atoms with E-state index < -0.39 is 33.4 Å². The van der Waals surface area contributed by atoms with E-state index >= 15 is 0 Å². The molecule has 0 aliphatic carbocycles. The molecule has 8 nitrogen and oxygen atoms in total. The second-order valence-corrected chi connectivity index (χ2v) is 7.10. The number of rotatable bonds is 2. The topological polar surface area (TPSA) is 136 Å². The quantitative estimate of drug-likeness (QED) is 0.562. The van der Waals surface area contributed by atoms with Crippen molar-refractivity contribution in [1.82, 2.24) is 0 Å². The lowest BCUT2D eigenvalue weighted by Gasteiger charge is -2.32. The normalized spacial score (nSPS) is 16.3. The van der Waals surface area contributed by atoms with Crippen LogP contribution in [0.15, 0.2) is 28.1 Å². The fraction of sp³-hybridized carbons (Fsp3) is 0.308. The van der Waals surface area contributed by atoms with Gasteiger partial charge in [0.25, 0.3) is 5.91 Å². The van der Waals surface area contributed by atoms with E-state index in [4.69, 9.17) is 11.5 Å². The van der Waals surface area contributed by atoms with Crippen LogP contribution in [0.2, 0.25) is 0 Å². The van der Waals surface area contributed by atoms with Crippen LogP contribution in [0.4, 0.5) is 5.69 Å². The van der Waals surface area contributed by atoms with Gasteiger partial charge in [-0.3, -0.25) is 9.59 Å². The zero-order valence-electron chi connectivity index (χ0n) is 12.1. The highest BCUT2D eigenvalue weighted by Gasteiger charge is 2.36. The molecule has 1 aromatic carbocycles. The summed E-state index contributed by atoms with van der Waals surface area (Å²) in [6.45, 7) is 3.51. The van der Waals surface area contributed by atoms with Crippen molar-refractivity contribution in [1.29, 1.82) is 0 Å². The minimum Gasteiger partial charge on any atom is -0.370 e. The first-order valence-electron chi connectivity index (χ1n) is 6.46. The predicted molar refractivity (Wildman–Crippen MR) is 81.3 cm³/mol. The lowest BCUT2D eigenvalue weighted by atomic mass is 10.1. The van der Waals surface area contributed by atoms with E-state index in [0.717, 1.165) is 0 Å². The van der Waals surface area contributed by atoms with E-state index in [1.807, 2.05) is 0 Å². The van der Waals surface area contributed by atoms with Crippen molar-refractivity contribution in [2.75, 3.05) is 10.7 Å². The van der Waals surface area contributed by atoms with Gasteiger partial charge in [-0.15, -0.1) is 0 Å². The first-order valence-corrected chi connectivity index (χ1v) is 8.11. The maximum absolute atomic E-state index is 12.1. The van der Waals surface area contributed by atoms with E-state index in [2.05, 4.69) is 4.99 Å². The highest BCUT2D eigenvalue weighted by molar-refractivity contribution is 7.92. The first kappa shape index (κ1) is 16.0. The fourth-order valence-electron chi connectivity index (χ4n) is 2.29. The third kappa shape index (κ3) is 2.80. The van der Waals surface area contributed by atoms with Crippen LogP contribution in [-0.4, -0.2) is 38.0 Å². The highest BCUT2D eigenvalue weighted by atomic mass is 32.2. The largest absolute Gasteiger partial charge is 0.370 e. The van der Waals surface area contributed by atoms with E-state index in [-0.39, 0.29) is 22.2 Å². The summed E-state index contributed by atoms with van der Waals surface area (Å²) < 4.78 is 24.2. The molecule has 9 heteroatoms. The molecule has 0 bridgehead atoms. The lowest BCUT2D eigenvalue weighted by molar-refractivity contribution is -0.116. The molecule has 0 spiro atoms. The maximum atomic E-state index is 12.1. The average Bonchev–Trinajstić information content (AvgIpc) is 2.35.